The minimum absolute atomic E-state index is 0.268. The number of aromatic nitrogens is 3. The van der Waals surface area contributed by atoms with E-state index in [1.54, 1.807) is 10.6 Å². The molecule has 2 rings (SSSR count). The number of halogens is 3. The van der Waals surface area contributed by atoms with E-state index in [9.17, 15) is 4.39 Å². The SMILES string of the molecule is CCc1nnc(Cl)n1-c1ccc(F)cc1Br. The maximum Gasteiger partial charge on any atom is 0.229 e. The number of hydrogen-bond acceptors (Lipinski definition) is 2. The molecule has 1 aromatic heterocycles. The summed E-state index contributed by atoms with van der Waals surface area (Å²) >= 11 is 9.24. The summed E-state index contributed by atoms with van der Waals surface area (Å²) in [5.41, 5.74) is 0.730. The minimum atomic E-state index is -0.308. The lowest BCUT2D eigenvalue weighted by Crippen LogP contribution is -2.01. The quantitative estimate of drug-likeness (QED) is 0.851. The molecule has 3 nitrogen and oxygen atoms in total. The van der Waals surface area contributed by atoms with Crippen molar-refractivity contribution in [1.82, 2.24) is 14.8 Å². The molecule has 0 N–H and O–H groups in total. The zero-order valence-electron chi connectivity index (χ0n) is 8.41. The predicted molar refractivity (Wildman–Crippen MR) is 63.4 cm³/mol. The lowest BCUT2D eigenvalue weighted by atomic mass is 10.3. The van der Waals surface area contributed by atoms with Crippen LogP contribution in [0.2, 0.25) is 5.28 Å². The minimum Gasteiger partial charge on any atom is -0.269 e. The van der Waals surface area contributed by atoms with E-state index in [0.717, 1.165) is 11.5 Å². The van der Waals surface area contributed by atoms with E-state index >= 15 is 0 Å². The largest absolute Gasteiger partial charge is 0.269 e. The molecule has 0 aliphatic rings. The maximum absolute atomic E-state index is 13.0. The highest BCUT2D eigenvalue weighted by atomic mass is 79.9. The Kier molecular flexibility index (Phi) is 3.25. The van der Waals surface area contributed by atoms with Gasteiger partial charge in [0.25, 0.3) is 0 Å². The molecule has 2 aromatic rings. The maximum atomic E-state index is 13.0. The summed E-state index contributed by atoms with van der Waals surface area (Å²) in [5.74, 6) is 0.426. The molecule has 0 fully saturated rings. The van der Waals surface area contributed by atoms with Gasteiger partial charge in [-0.1, -0.05) is 6.92 Å². The molecule has 84 valence electrons. The second kappa shape index (κ2) is 4.51. The standard InChI is InChI=1S/C10H8BrClFN3/c1-2-9-14-15-10(12)16(9)8-4-3-6(13)5-7(8)11/h3-5H,2H2,1H3. The van der Waals surface area contributed by atoms with Gasteiger partial charge in [-0.3, -0.25) is 4.57 Å². The zero-order chi connectivity index (χ0) is 11.7. The molecule has 0 unspecified atom stereocenters. The third kappa shape index (κ3) is 1.97. The van der Waals surface area contributed by atoms with Crippen LogP contribution in [0.15, 0.2) is 22.7 Å². The van der Waals surface area contributed by atoms with Crippen LogP contribution in [-0.4, -0.2) is 14.8 Å². The van der Waals surface area contributed by atoms with Crippen molar-refractivity contribution in [2.24, 2.45) is 0 Å². The molecule has 0 atom stereocenters. The number of benzene rings is 1. The Morgan fingerprint density at radius 2 is 2.19 bits per heavy atom. The first-order valence-corrected chi connectivity index (χ1v) is 5.85. The van der Waals surface area contributed by atoms with Gasteiger partial charge in [-0.25, -0.2) is 4.39 Å². The molecule has 0 aliphatic heterocycles. The molecular weight excluding hydrogens is 296 g/mol. The fraction of sp³-hybridized carbons (Fsp3) is 0.200. The Bertz CT molecular complexity index is 527. The molecule has 0 radical (unpaired) electrons. The van der Waals surface area contributed by atoms with Gasteiger partial charge in [-0.05, 0) is 45.7 Å². The van der Waals surface area contributed by atoms with Gasteiger partial charge >= 0.3 is 0 Å². The zero-order valence-corrected chi connectivity index (χ0v) is 10.8. The van der Waals surface area contributed by atoms with Crippen LogP contribution in [0.3, 0.4) is 0 Å². The molecule has 0 spiro atoms. The van der Waals surface area contributed by atoms with Crippen molar-refractivity contribution < 1.29 is 4.39 Å². The van der Waals surface area contributed by atoms with Crippen LogP contribution in [0.1, 0.15) is 12.7 Å². The Hall–Kier alpha value is -0.940. The normalized spacial score (nSPS) is 10.8. The third-order valence-electron chi connectivity index (χ3n) is 2.16. The fourth-order valence-electron chi connectivity index (χ4n) is 1.42. The first-order valence-electron chi connectivity index (χ1n) is 4.68. The Labute approximate surface area is 105 Å². The van der Waals surface area contributed by atoms with Crippen molar-refractivity contribution in [3.63, 3.8) is 0 Å². The lowest BCUT2D eigenvalue weighted by molar-refractivity contribution is 0.626. The van der Waals surface area contributed by atoms with Crippen LogP contribution in [0.25, 0.3) is 5.69 Å². The number of rotatable bonds is 2. The number of nitrogens with zero attached hydrogens (tertiary/aromatic N) is 3. The van der Waals surface area contributed by atoms with E-state index in [4.69, 9.17) is 11.6 Å². The van der Waals surface area contributed by atoms with E-state index < -0.39 is 0 Å². The monoisotopic (exact) mass is 303 g/mol. The summed E-state index contributed by atoms with van der Waals surface area (Å²) < 4.78 is 15.3. The molecule has 0 saturated carbocycles. The van der Waals surface area contributed by atoms with E-state index in [2.05, 4.69) is 26.1 Å². The van der Waals surface area contributed by atoms with Crippen molar-refractivity contribution in [3.8, 4) is 5.69 Å². The smallest absolute Gasteiger partial charge is 0.229 e. The van der Waals surface area contributed by atoms with Gasteiger partial charge in [0.15, 0.2) is 0 Å². The Morgan fingerprint density at radius 3 is 2.81 bits per heavy atom. The average Bonchev–Trinajstić information content (AvgIpc) is 2.60. The van der Waals surface area contributed by atoms with Gasteiger partial charge in [-0.2, -0.15) is 0 Å². The molecule has 6 heteroatoms. The van der Waals surface area contributed by atoms with Crippen LogP contribution in [0.5, 0.6) is 0 Å². The first-order chi connectivity index (χ1) is 7.63. The number of hydrogen-bond donors (Lipinski definition) is 0. The van der Waals surface area contributed by atoms with Crippen LogP contribution in [0, 0.1) is 5.82 Å². The second-order valence-corrected chi connectivity index (χ2v) is 4.36. The van der Waals surface area contributed by atoms with Crippen molar-refractivity contribution in [2.75, 3.05) is 0 Å². The average molecular weight is 305 g/mol. The van der Waals surface area contributed by atoms with Crippen LogP contribution < -0.4 is 0 Å². The van der Waals surface area contributed by atoms with Gasteiger partial charge in [0.05, 0.1) is 5.69 Å². The van der Waals surface area contributed by atoms with E-state index in [1.807, 2.05) is 6.92 Å². The van der Waals surface area contributed by atoms with Crippen LogP contribution in [0.4, 0.5) is 4.39 Å². The molecule has 1 heterocycles. The highest BCUT2D eigenvalue weighted by Crippen LogP contribution is 2.25. The van der Waals surface area contributed by atoms with Crippen molar-refractivity contribution >= 4 is 27.5 Å². The first kappa shape index (κ1) is 11.5. The summed E-state index contributed by atoms with van der Waals surface area (Å²) in [5, 5.41) is 8.00. The van der Waals surface area contributed by atoms with Gasteiger partial charge in [0.1, 0.15) is 11.6 Å². The van der Waals surface area contributed by atoms with Gasteiger partial charge in [-0.15, -0.1) is 10.2 Å². The summed E-state index contributed by atoms with van der Waals surface area (Å²) in [6.07, 6.45) is 0.698. The number of aryl methyl sites for hydroxylation is 1. The highest BCUT2D eigenvalue weighted by molar-refractivity contribution is 9.10. The van der Waals surface area contributed by atoms with Gasteiger partial charge in [0.2, 0.25) is 5.28 Å². The summed E-state index contributed by atoms with van der Waals surface area (Å²) in [6, 6.07) is 4.38. The summed E-state index contributed by atoms with van der Waals surface area (Å²) in [6.45, 7) is 1.95. The van der Waals surface area contributed by atoms with Gasteiger partial charge in [0, 0.05) is 10.9 Å². The third-order valence-corrected chi connectivity index (χ3v) is 3.04. The Balaban J connectivity index is 2.62. The topological polar surface area (TPSA) is 30.7 Å². The van der Waals surface area contributed by atoms with Crippen molar-refractivity contribution in [2.45, 2.75) is 13.3 Å². The fourth-order valence-corrected chi connectivity index (χ4v) is 2.18. The Morgan fingerprint density at radius 1 is 1.44 bits per heavy atom. The summed E-state index contributed by atoms with van der Waals surface area (Å²) in [7, 11) is 0. The molecule has 0 aliphatic carbocycles. The molecule has 0 bridgehead atoms. The predicted octanol–water partition coefficient (Wildman–Crippen LogP) is 3.38. The van der Waals surface area contributed by atoms with E-state index in [-0.39, 0.29) is 11.1 Å². The van der Waals surface area contributed by atoms with Crippen molar-refractivity contribution in [1.29, 1.82) is 0 Å². The van der Waals surface area contributed by atoms with Crippen LogP contribution >= 0.6 is 27.5 Å². The van der Waals surface area contributed by atoms with Gasteiger partial charge < -0.3 is 0 Å². The molecule has 1 aromatic carbocycles. The molecule has 0 amide bonds. The van der Waals surface area contributed by atoms with Crippen LogP contribution in [-0.2, 0) is 6.42 Å². The van der Waals surface area contributed by atoms with E-state index in [0.29, 0.717) is 10.9 Å². The second-order valence-electron chi connectivity index (χ2n) is 3.17. The molecule has 0 saturated heterocycles. The lowest BCUT2D eigenvalue weighted by Gasteiger charge is -2.08. The van der Waals surface area contributed by atoms with Crippen molar-refractivity contribution in [3.05, 3.63) is 39.6 Å². The molecule has 16 heavy (non-hydrogen) atoms. The highest BCUT2D eigenvalue weighted by Gasteiger charge is 2.13. The summed E-state index contributed by atoms with van der Waals surface area (Å²) in [4.78, 5) is 0. The molecular formula is C10H8BrClFN3. The van der Waals surface area contributed by atoms with E-state index in [1.165, 1.54) is 12.1 Å².